The topological polar surface area (TPSA) is 28.1 Å². The van der Waals surface area contributed by atoms with Crippen molar-refractivity contribution < 1.29 is 22.0 Å². The molecule has 1 aliphatic rings. The van der Waals surface area contributed by atoms with Crippen LogP contribution in [0.25, 0.3) is 5.57 Å². The fraction of sp³-hybridized carbons (Fsp3) is 0.348. The zero-order valence-corrected chi connectivity index (χ0v) is 17.8. The summed E-state index contributed by atoms with van der Waals surface area (Å²) in [4.78, 5) is 7.57. The molecule has 2 aromatic rings. The van der Waals surface area contributed by atoms with E-state index in [-0.39, 0.29) is 11.3 Å². The fourth-order valence-corrected chi connectivity index (χ4v) is 4.25. The van der Waals surface area contributed by atoms with E-state index in [1.165, 1.54) is 0 Å². The smallest absolute Gasteiger partial charge is 0.200 e. The minimum Gasteiger partial charge on any atom is -0.358 e. The molecule has 3 rings (SSSR count). The van der Waals surface area contributed by atoms with Crippen LogP contribution in [0.15, 0.2) is 21.8 Å². The lowest BCUT2D eigenvalue weighted by Gasteiger charge is -2.15. The lowest BCUT2D eigenvalue weighted by molar-refractivity contribution is 0.376. The maximum absolute atomic E-state index is 14.9. The molecule has 1 aliphatic heterocycles. The van der Waals surface area contributed by atoms with Gasteiger partial charge in [-0.15, -0.1) is 0 Å². The molecule has 30 heavy (non-hydrogen) atoms. The Morgan fingerprint density at radius 2 is 1.33 bits per heavy atom. The van der Waals surface area contributed by atoms with Crippen LogP contribution in [-0.4, -0.2) is 10.7 Å². The van der Waals surface area contributed by atoms with E-state index < -0.39 is 34.6 Å². The van der Waals surface area contributed by atoms with Crippen LogP contribution in [0.4, 0.5) is 22.0 Å². The van der Waals surface area contributed by atoms with Crippen LogP contribution in [0.2, 0.25) is 0 Å². The molecule has 2 heterocycles. The second-order valence-electron chi connectivity index (χ2n) is 7.40. The molecule has 0 aliphatic carbocycles. The molecule has 0 unspecified atom stereocenters. The average Bonchev–Trinajstić information content (AvgIpc) is 3.15. The molecule has 0 radical (unpaired) electrons. The minimum atomic E-state index is -2.18. The van der Waals surface area contributed by atoms with Crippen LogP contribution in [0.3, 0.4) is 0 Å². The Hall–Kier alpha value is -2.70. The van der Waals surface area contributed by atoms with E-state index in [1.807, 2.05) is 13.8 Å². The predicted octanol–water partition coefficient (Wildman–Crippen LogP) is 6.85. The third kappa shape index (κ3) is 3.11. The van der Waals surface area contributed by atoms with Crippen LogP contribution in [0.5, 0.6) is 0 Å². The number of allylic oxidation sites excluding steroid dienone is 2. The molecular formula is C23H23F5N2. The summed E-state index contributed by atoms with van der Waals surface area (Å²) in [7, 11) is 0. The number of nitrogens with zero attached hydrogens (tertiary/aromatic N) is 1. The number of rotatable bonds is 4. The number of aryl methyl sites for hydroxylation is 1. The van der Waals surface area contributed by atoms with Gasteiger partial charge in [0.05, 0.1) is 17.0 Å². The number of hydrogen-bond acceptors (Lipinski definition) is 1. The number of aliphatic imine (C=N–C) groups is 1. The van der Waals surface area contributed by atoms with E-state index >= 15 is 0 Å². The van der Waals surface area contributed by atoms with Gasteiger partial charge in [0.25, 0.3) is 0 Å². The predicted molar refractivity (Wildman–Crippen MR) is 108 cm³/mol. The molecule has 0 bridgehead atoms. The van der Waals surface area contributed by atoms with E-state index in [2.05, 4.69) is 9.98 Å². The quantitative estimate of drug-likeness (QED) is 0.317. The summed E-state index contributed by atoms with van der Waals surface area (Å²) in [6, 6.07) is 0. The van der Waals surface area contributed by atoms with Crippen molar-refractivity contribution in [3.63, 3.8) is 0 Å². The zero-order valence-electron chi connectivity index (χ0n) is 17.8. The molecular weight excluding hydrogens is 399 g/mol. The molecule has 160 valence electrons. The SMILES string of the molecule is CCC1=C(C)/C(=C(/c2[nH]c(C)c(CC)c2C)c2c(F)c(F)c(F)c(F)c2F)N=C1C. The Bertz CT molecular complexity index is 1120. The van der Waals surface area contributed by atoms with Crippen molar-refractivity contribution in [1.29, 1.82) is 0 Å². The second-order valence-corrected chi connectivity index (χ2v) is 7.40. The third-order valence-corrected chi connectivity index (χ3v) is 5.77. The van der Waals surface area contributed by atoms with Crippen molar-refractivity contribution in [1.82, 2.24) is 4.98 Å². The summed E-state index contributed by atoms with van der Waals surface area (Å²) < 4.78 is 71.7. The molecule has 2 nitrogen and oxygen atoms in total. The van der Waals surface area contributed by atoms with E-state index in [9.17, 15) is 22.0 Å². The average molecular weight is 422 g/mol. The number of benzene rings is 1. The minimum absolute atomic E-state index is 0.122. The third-order valence-electron chi connectivity index (χ3n) is 5.77. The van der Waals surface area contributed by atoms with Gasteiger partial charge < -0.3 is 4.98 Å². The van der Waals surface area contributed by atoms with Crippen molar-refractivity contribution in [2.75, 3.05) is 0 Å². The maximum atomic E-state index is 14.9. The molecule has 0 saturated heterocycles. The zero-order chi connectivity index (χ0) is 22.5. The molecule has 7 heteroatoms. The first-order valence-electron chi connectivity index (χ1n) is 9.76. The summed E-state index contributed by atoms with van der Waals surface area (Å²) in [5.41, 5.74) is 3.98. The van der Waals surface area contributed by atoms with Gasteiger partial charge in [0.2, 0.25) is 5.82 Å². The van der Waals surface area contributed by atoms with Crippen LogP contribution in [-0.2, 0) is 6.42 Å². The molecule has 1 aromatic carbocycles. The van der Waals surface area contributed by atoms with Crippen molar-refractivity contribution >= 4 is 11.3 Å². The number of halogens is 5. The van der Waals surface area contributed by atoms with Crippen LogP contribution in [0, 0.1) is 42.9 Å². The van der Waals surface area contributed by atoms with Gasteiger partial charge >= 0.3 is 0 Å². The van der Waals surface area contributed by atoms with E-state index in [0.717, 1.165) is 16.8 Å². The highest BCUT2D eigenvalue weighted by Gasteiger charge is 2.33. The fourth-order valence-electron chi connectivity index (χ4n) is 4.25. The highest BCUT2D eigenvalue weighted by molar-refractivity contribution is 6.05. The van der Waals surface area contributed by atoms with Crippen LogP contribution >= 0.6 is 0 Å². The van der Waals surface area contributed by atoms with E-state index in [1.54, 1.807) is 27.7 Å². The summed E-state index contributed by atoms with van der Waals surface area (Å²) in [6.07, 6.45) is 1.27. The molecule has 0 saturated carbocycles. The van der Waals surface area contributed by atoms with Gasteiger partial charge in [-0.3, -0.25) is 4.99 Å². The molecule has 1 aromatic heterocycles. The van der Waals surface area contributed by atoms with Gasteiger partial charge in [-0.1, -0.05) is 13.8 Å². The first kappa shape index (κ1) is 22.0. The lowest BCUT2D eigenvalue weighted by Crippen LogP contribution is -2.09. The number of aromatic nitrogens is 1. The Balaban J connectivity index is 2.54. The van der Waals surface area contributed by atoms with Crippen molar-refractivity contribution in [3.05, 3.63) is 74.0 Å². The normalized spacial score (nSPS) is 15.9. The van der Waals surface area contributed by atoms with E-state index in [4.69, 9.17) is 0 Å². The monoisotopic (exact) mass is 422 g/mol. The van der Waals surface area contributed by atoms with Gasteiger partial charge in [-0.2, -0.15) is 0 Å². The summed E-state index contributed by atoms with van der Waals surface area (Å²) in [5.74, 6) is -9.88. The number of hydrogen-bond donors (Lipinski definition) is 1. The van der Waals surface area contributed by atoms with Gasteiger partial charge in [-0.05, 0) is 62.8 Å². The molecule has 0 amide bonds. The second kappa shape index (κ2) is 7.85. The van der Waals surface area contributed by atoms with Crippen molar-refractivity contribution in [2.24, 2.45) is 4.99 Å². The van der Waals surface area contributed by atoms with E-state index in [0.29, 0.717) is 35.4 Å². The summed E-state index contributed by atoms with van der Waals surface area (Å²) in [6.45, 7) is 10.9. The number of aromatic amines is 1. The Labute approximate surface area is 172 Å². The van der Waals surface area contributed by atoms with Crippen molar-refractivity contribution in [3.8, 4) is 0 Å². The maximum Gasteiger partial charge on any atom is 0.200 e. The standard InChI is InChI=1S/C23H23F5N2/c1-7-13-9(3)22(29-11(13)5)16(23-10(4)14(8-2)12(6)30-23)15-17(24)19(26)21(28)20(27)18(15)25/h29H,7-8H2,1-6H3/b23-16-. The molecule has 0 spiro atoms. The number of nitrogens with one attached hydrogen (secondary N) is 1. The van der Waals surface area contributed by atoms with Gasteiger partial charge in [0, 0.05) is 17.0 Å². The molecule has 1 N–H and O–H groups in total. The Morgan fingerprint density at radius 1 is 0.800 bits per heavy atom. The largest absolute Gasteiger partial charge is 0.358 e. The Kier molecular flexibility index (Phi) is 5.76. The summed E-state index contributed by atoms with van der Waals surface area (Å²) in [5, 5.41) is 0. The lowest BCUT2D eigenvalue weighted by atomic mass is 9.92. The first-order chi connectivity index (χ1) is 14.1. The highest BCUT2D eigenvalue weighted by Crippen LogP contribution is 2.41. The molecule has 0 atom stereocenters. The van der Waals surface area contributed by atoms with Gasteiger partial charge in [0.15, 0.2) is 23.3 Å². The summed E-state index contributed by atoms with van der Waals surface area (Å²) >= 11 is 0. The first-order valence-corrected chi connectivity index (χ1v) is 9.76. The van der Waals surface area contributed by atoms with Crippen molar-refractivity contribution in [2.45, 2.75) is 54.4 Å². The van der Waals surface area contributed by atoms with Gasteiger partial charge in [0.1, 0.15) is 0 Å². The highest BCUT2D eigenvalue weighted by atomic mass is 19.2. The molecule has 0 fully saturated rings. The Morgan fingerprint density at radius 3 is 1.77 bits per heavy atom. The van der Waals surface area contributed by atoms with Crippen LogP contribution < -0.4 is 0 Å². The van der Waals surface area contributed by atoms with Crippen LogP contribution in [0.1, 0.15) is 62.2 Å². The number of H-pyrrole nitrogens is 1. The van der Waals surface area contributed by atoms with Gasteiger partial charge in [-0.25, -0.2) is 22.0 Å².